The van der Waals surface area contributed by atoms with Gasteiger partial charge in [0, 0.05) is 36.7 Å². The van der Waals surface area contributed by atoms with Gasteiger partial charge in [-0.3, -0.25) is 0 Å². The van der Waals surface area contributed by atoms with E-state index < -0.39 is 0 Å². The summed E-state index contributed by atoms with van der Waals surface area (Å²) >= 11 is 6.71. The number of rotatable bonds is 3. The summed E-state index contributed by atoms with van der Waals surface area (Å²) in [6, 6.07) is 3.86. The first-order chi connectivity index (χ1) is 15.4. The highest BCUT2D eigenvalue weighted by Gasteiger charge is 2.47. The molecule has 1 aromatic heterocycles. The van der Waals surface area contributed by atoms with Gasteiger partial charge < -0.3 is 30.5 Å². The van der Waals surface area contributed by atoms with E-state index in [4.69, 9.17) is 36.8 Å². The summed E-state index contributed by atoms with van der Waals surface area (Å²) in [6.07, 6.45) is 1.97. The molecule has 8 nitrogen and oxygen atoms in total. The van der Waals surface area contributed by atoms with Crippen molar-refractivity contribution < 1.29 is 14.6 Å². The van der Waals surface area contributed by atoms with Crippen molar-refractivity contribution in [3.63, 3.8) is 0 Å². The fourth-order valence-corrected chi connectivity index (χ4v) is 5.47. The first-order valence-electron chi connectivity index (χ1n) is 11.2. The maximum absolute atomic E-state index is 10.1. The smallest absolute Gasteiger partial charge is 0.153 e. The second kappa shape index (κ2) is 9.25. The number of nitrogens with two attached hydrogens (primary N) is 1. The van der Waals surface area contributed by atoms with Gasteiger partial charge >= 0.3 is 0 Å². The van der Waals surface area contributed by atoms with Crippen LogP contribution in [-0.4, -0.2) is 60.1 Å². The van der Waals surface area contributed by atoms with Crippen molar-refractivity contribution in [3.05, 3.63) is 28.5 Å². The molecule has 0 bridgehead atoms. The quantitative estimate of drug-likeness (QED) is 0.620. The van der Waals surface area contributed by atoms with Crippen LogP contribution in [0.2, 0.25) is 5.02 Å². The molecule has 0 unspecified atom stereocenters. The van der Waals surface area contributed by atoms with E-state index in [-0.39, 0.29) is 31.6 Å². The van der Waals surface area contributed by atoms with E-state index in [1.807, 2.05) is 19.1 Å². The lowest BCUT2D eigenvalue weighted by atomic mass is 9.73. The Bertz CT molecular complexity index is 1030. The molecule has 2 fully saturated rings. The van der Waals surface area contributed by atoms with Crippen molar-refractivity contribution in [2.75, 3.05) is 43.1 Å². The summed E-state index contributed by atoms with van der Waals surface area (Å²) in [4.78, 5) is 11.9. The minimum absolute atomic E-state index is 0. The third-order valence-electron chi connectivity index (χ3n) is 7.20. The summed E-state index contributed by atoms with van der Waals surface area (Å²) in [5, 5.41) is 14.0. The van der Waals surface area contributed by atoms with E-state index in [9.17, 15) is 5.11 Å². The number of hydrogen-bond donors (Lipinski definition) is 3. The van der Waals surface area contributed by atoms with Crippen molar-refractivity contribution in [3.8, 4) is 17.0 Å². The van der Waals surface area contributed by atoms with E-state index in [1.165, 1.54) is 0 Å². The van der Waals surface area contributed by atoms with Gasteiger partial charge in [0.25, 0.3) is 0 Å². The monoisotopic (exact) mass is 475 g/mol. The zero-order valence-corrected chi connectivity index (χ0v) is 19.3. The van der Waals surface area contributed by atoms with Crippen molar-refractivity contribution in [2.45, 2.75) is 52.9 Å². The Morgan fingerprint density at radius 3 is 2.73 bits per heavy atom. The fraction of sp³-hybridized carbons (Fsp3) is 0.583. The third kappa shape index (κ3) is 4.03. The van der Waals surface area contributed by atoms with Crippen LogP contribution in [0.5, 0.6) is 5.75 Å². The lowest BCUT2D eigenvalue weighted by Crippen LogP contribution is -2.51. The summed E-state index contributed by atoms with van der Waals surface area (Å²) < 4.78 is 11.5. The van der Waals surface area contributed by atoms with Crippen LogP contribution in [0.1, 0.15) is 38.6 Å². The van der Waals surface area contributed by atoms with Crippen molar-refractivity contribution in [1.82, 2.24) is 9.97 Å². The second-order valence-corrected chi connectivity index (χ2v) is 9.43. The normalized spacial score (nSPS) is 23.5. The molecule has 9 heteroatoms. The standard InChI is InChI=1S/C23H30ClN5O3.CH4/c1-13-19(15-3-4-17-20(18(15)24)26-7-10-31-17)28-16(11-30)22(27-13)29-8-5-23(6-9-29)12-32-14(2)21(23)25;/h3-4,14,21,26,30H,5-12,25H2,1-2H3;1H4/t14-,21+;/m0./s1. The molecule has 0 aliphatic carbocycles. The molecule has 0 saturated carbocycles. The van der Waals surface area contributed by atoms with Crippen LogP contribution in [-0.2, 0) is 11.3 Å². The van der Waals surface area contributed by atoms with Crippen LogP contribution in [0.15, 0.2) is 12.1 Å². The Kier molecular flexibility index (Phi) is 6.73. The molecule has 2 saturated heterocycles. The number of piperidine rings is 1. The van der Waals surface area contributed by atoms with E-state index in [0.717, 1.165) is 54.4 Å². The topological polar surface area (TPSA) is 106 Å². The number of anilines is 2. The average Bonchev–Trinajstić information content (AvgIpc) is 3.09. The predicted molar refractivity (Wildman–Crippen MR) is 131 cm³/mol. The Morgan fingerprint density at radius 2 is 2.06 bits per heavy atom. The zero-order chi connectivity index (χ0) is 22.5. The van der Waals surface area contributed by atoms with Crippen molar-refractivity contribution >= 4 is 23.1 Å². The highest BCUT2D eigenvalue weighted by Crippen LogP contribution is 2.44. The molecule has 2 aromatic rings. The maximum Gasteiger partial charge on any atom is 0.153 e. The summed E-state index contributed by atoms with van der Waals surface area (Å²) in [6.45, 7) is 7.44. The van der Waals surface area contributed by atoms with Gasteiger partial charge in [-0.25, -0.2) is 9.97 Å². The van der Waals surface area contributed by atoms with Gasteiger partial charge in [-0.15, -0.1) is 0 Å². The maximum atomic E-state index is 10.1. The number of hydrogen-bond acceptors (Lipinski definition) is 8. The van der Waals surface area contributed by atoms with E-state index in [2.05, 4.69) is 17.1 Å². The molecule has 5 rings (SSSR count). The first-order valence-corrected chi connectivity index (χ1v) is 11.6. The van der Waals surface area contributed by atoms with Crippen LogP contribution >= 0.6 is 11.6 Å². The second-order valence-electron chi connectivity index (χ2n) is 9.05. The van der Waals surface area contributed by atoms with Crippen LogP contribution < -0.4 is 20.7 Å². The van der Waals surface area contributed by atoms with Crippen molar-refractivity contribution in [2.24, 2.45) is 11.1 Å². The van der Waals surface area contributed by atoms with Crippen LogP contribution in [0, 0.1) is 12.3 Å². The molecular formula is C24H34ClN5O3. The molecular weight excluding hydrogens is 442 g/mol. The lowest BCUT2D eigenvalue weighted by Gasteiger charge is -2.42. The number of nitrogens with zero attached hydrogens (tertiary/aromatic N) is 3. The summed E-state index contributed by atoms with van der Waals surface area (Å²) in [5.74, 6) is 1.47. The first kappa shape index (κ1) is 24.0. The van der Waals surface area contributed by atoms with Gasteiger partial charge in [0.1, 0.15) is 18.1 Å². The number of fused-ring (bicyclic) bond motifs is 1. The Hall–Kier alpha value is -2.13. The largest absolute Gasteiger partial charge is 0.490 e. The fourth-order valence-electron chi connectivity index (χ4n) is 5.16. The Balaban J connectivity index is 0.00000259. The van der Waals surface area contributed by atoms with E-state index >= 15 is 0 Å². The average molecular weight is 476 g/mol. The SMILES string of the molecule is C.Cc1nc(N2CCC3(CC2)CO[C@@H](C)[C@H]3N)c(CO)nc1-c1ccc2c(c1Cl)NCCO2. The van der Waals surface area contributed by atoms with E-state index in [0.29, 0.717) is 36.2 Å². The number of aliphatic hydroxyl groups excluding tert-OH is 1. The van der Waals surface area contributed by atoms with E-state index in [1.54, 1.807) is 0 Å². The Morgan fingerprint density at radius 1 is 1.30 bits per heavy atom. The molecule has 2 atom stereocenters. The number of aryl methyl sites for hydroxylation is 1. The predicted octanol–water partition coefficient (Wildman–Crippen LogP) is 3.37. The van der Waals surface area contributed by atoms with Crippen LogP contribution in [0.3, 0.4) is 0 Å². The highest BCUT2D eigenvalue weighted by atomic mass is 35.5. The molecule has 4 N–H and O–H groups in total. The van der Waals surface area contributed by atoms with Gasteiger partial charge in [-0.1, -0.05) is 19.0 Å². The van der Waals surface area contributed by atoms with Gasteiger partial charge in [-0.05, 0) is 38.8 Å². The molecule has 4 heterocycles. The number of halogens is 1. The van der Waals surface area contributed by atoms with Gasteiger partial charge in [-0.2, -0.15) is 0 Å². The number of benzene rings is 1. The zero-order valence-electron chi connectivity index (χ0n) is 18.5. The minimum Gasteiger partial charge on any atom is -0.490 e. The number of aromatic nitrogens is 2. The molecule has 180 valence electrons. The van der Waals surface area contributed by atoms with Crippen LogP contribution in [0.25, 0.3) is 11.3 Å². The molecule has 1 aromatic carbocycles. The van der Waals surface area contributed by atoms with Gasteiger partial charge in [0.15, 0.2) is 5.82 Å². The summed E-state index contributed by atoms with van der Waals surface area (Å²) in [5.41, 5.74) is 10.0. The molecule has 0 radical (unpaired) electrons. The van der Waals surface area contributed by atoms with Crippen molar-refractivity contribution in [1.29, 1.82) is 0 Å². The van der Waals surface area contributed by atoms with Gasteiger partial charge in [0.2, 0.25) is 0 Å². The summed E-state index contributed by atoms with van der Waals surface area (Å²) in [7, 11) is 0. The minimum atomic E-state index is -0.194. The number of ether oxygens (including phenoxy) is 2. The Labute approximate surface area is 200 Å². The lowest BCUT2D eigenvalue weighted by molar-refractivity contribution is 0.0973. The van der Waals surface area contributed by atoms with Gasteiger partial charge in [0.05, 0.1) is 41.4 Å². The number of nitrogens with one attached hydrogen (secondary N) is 1. The van der Waals surface area contributed by atoms with Crippen LogP contribution in [0.4, 0.5) is 11.5 Å². The highest BCUT2D eigenvalue weighted by molar-refractivity contribution is 6.36. The molecule has 3 aliphatic rings. The molecule has 0 amide bonds. The molecule has 3 aliphatic heterocycles. The third-order valence-corrected chi connectivity index (χ3v) is 7.59. The molecule has 33 heavy (non-hydrogen) atoms. The number of aliphatic hydroxyl groups is 1. The molecule has 1 spiro atoms.